The van der Waals surface area contributed by atoms with Crippen LogP contribution in [0.25, 0.3) is 0 Å². The van der Waals surface area contributed by atoms with Gasteiger partial charge in [0.05, 0.1) is 5.56 Å². The number of ketones is 1. The Bertz CT molecular complexity index is 442. The molecule has 6 heteroatoms. The van der Waals surface area contributed by atoms with Gasteiger partial charge in [0, 0.05) is 11.5 Å². The molecule has 1 aromatic rings. The lowest BCUT2D eigenvalue weighted by Crippen LogP contribution is -2.32. The predicted molar refractivity (Wildman–Crippen MR) is 68.6 cm³/mol. The summed E-state index contributed by atoms with van der Waals surface area (Å²) < 4.78 is 37.7. The summed E-state index contributed by atoms with van der Waals surface area (Å²) in [6, 6.07) is 4.68. The number of hydrogen-bond acceptors (Lipinski definition) is 2. The maximum absolute atomic E-state index is 12.6. The van der Waals surface area contributed by atoms with Crippen LogP contribution in [0.15, 0.2) is 24.3 Å². The minimum Gasteiger partial charge on any atom is -0.317 e. The van der Waals surface area contributed by atoms with Crippen LogP contribution in [-0.2, 0) is 6.18 Å². The summed E-state index contributed by atoms with van der Waals surface area (Å²) in [5.74, 6) is -0.336. The average molecular weight is 294 g/mol. The van der Waals surface area contributed by atoms with Gasteiger partial charge in [-0.2, -0.15) is 13.2 Å². The van der Waals surface area contributed by atoms with Crippen molar-refractivity contribution >= 4 is 18.2 Å². The number of Topliss-reactive ketones (excluding diaryl/α,β-unsaturated/α-hetero) is 1. The SMILES string of the molecule is Cl.O=C(c1cccc(C(F)(F)F)c1)C1CCNCC1. The van der Waals surface area contributed by atoms with E-state index in [4.69, 9.17) is 0 Å². The van der Waals surface area contributed by atoms with Crippen molar-refractivity contribution in [2.24, 2.45) is 5.92 Å². The van der Waals surface area contributed by atoms with Gasteiger partial charge in [0.25, 0.3) is 0 Å². The van der Waals surface area contributed by atoms with Crippen LogP contribution in [0.5, 0.6) is 0 Å². The van der Waals surface area contributed by atoms with Crippen LogP contribution in [0.4, 0.5) is 13.2 Å². The van der Waals surface area contributed by atoms with Crippen molar-refractivity contribution in [3.63, 3.8) is 0 Å². The largest absolute Gasteiger partial charge is 0.416 e. The molecule has 0 atom stereocenters. The molecule has 0 spiro atoms. The summed E-state index contributed by atoms with van der Waals surface area (Å²) in [4.78, 5) is 12.1. The van der Waals surface area contributed by atoms with Crippen LogP contribution in [0.3, 0.4) is 0 Å². The monoisotopic (exact) mass is 293 g/mol. The van der Waals surface area contributed by atoms with Crippen LogP contribution in [0, 0.1) is 5.92 Å². The minimum atomic E-state index is -4.40. The molecule has 0 saturated carbocycles. The van der Waals surface area contributed by atoms with Crippen molar-refractivity contribution in [2.45, 2.75) is 19.0 Å². The first-order valence-corrected chi connectivity index (χ1v) is 5.90. The Balaban J connectivity index is 0.00000180. The molecule has 1 heterocycles. The van der Waals surface area contributed by atoms with E-state index in [1.54, 1.807) is 0 Å². The first kappa shape index (κ1) is 16.0. The van der Waals surface area contributed by atoms with Gasteiger partial charge < -0.3 is 5.32 Å². The zero-order valence-electron chi connectivity index (χ0n) is 10.2. The van der Waals surface area contributed by atoms with Crippen molar-refractivity contribution in [3.05, 3.63) is 35.4 Å². The van der Waals surface area contributed by atoms with Crippen molar-refractivity contribution in [1.29, 1.82) is 0 Å². The molecular formula is C13H15ClF3NO. The number of halogens is 4. The molecule has 0 aromatic heterocycles. The summed E-state index contributed by atoms with van der Waals surface area (Å²) in [6.07, 6.45) is -3.02. The van der Waals surface area contributed by atoms with Crippen LogP contribution in [0.2, 0.25) is 0 Å². The van der Waals surface area contributed by atoms with Crippen molar-refractivity contribution in [1.82, 2.24) is 5.32 Å². The average Bonchev–Trinajstić information content (AvgIpc) is 2.38. The molecule has 2 rings (SSSR count). The fraction of sp³-hybridized carbons (Fsp3) is 0.462. The molecule has 106 valence electrons. The number of alkyl halides is 3. The molecule has 0 bridgehead atoms. The zero-order chi connectivity index (χ0) is 13.2. The van der Waals surface area contributed by atoms with E-state index in [1.807, 2.05) is 0 Å². The lowest BCUT2D eigenvalue weighted by Gasteiger charge is -2.21. The van der Waals surface area contributed by atoms with Gasteiger partial charge in [0.15, 0.2) is 5.78 Å². The van der Waals surface area contributed by atoms with Gasteiger partial charge in [-0.15, -0.1) is 12.4 Å². The van der Waals surface area contributed by atoms with Crippen LogP contribution in [-0.4, -0.2) is 18.9 Å². The van der Waals surface area contributed by atoms with E-state index in [0.29, 0.717) is 12.8 Å². The Morgan fingerprint density at radius 1 is 1.21 bits per heavy atom. The minimum absolute atomic E-state index is 0. The smallest absolute Gasteiger partial charge is 0.317 e. The number of carbonyl (C=O) groups excluding carboxylic acids is 1. The van der Waals surface area contributed by atoms with Gasteiger partial charge in [0.1, 0.15) is 0 Å². The van der Waals surface area contributed by atoms with Crippen molar-refractivity contribution in [3.8, 4) is 0 Å². The molecule has 1 aliphatic rings. The zero-order valence-corrected chi connectivity index (χ0v) is 11.0. The highest BCUT2D eigenvalue weighted by atomic mass is 35.5. The molecule has 0 unspecified atom stereocenters. The van der Waals surface area contributed by atoms with E-state index in [2.05, 4.69) is 5.32 Å². The van der Waals surface area contributed by atoms with Gasteiger partial charge in [0.2, 0.25) is 0 Å². The van der Waals surface area contributed by atoms with Crippen molar-refractivity contribution < 1.29 is 18.0 Å². The maximum Gasteiger partial charge on any atom is 0.416 e. The molecular weight excluding hydrogens is 279 g/mol. The standard InChI is InChI=1S/C13H14F3NO.ClH/c14-13(15,16)11-3-1-2-10(8-11)12(18)9-4-6-17-7-5-9;/h1-3,8-9,17H,4-7H2;1H. The quantitative estimate of drug-likeness (QED) is 0.848. The summed E-state index contributed by atoms with van der Waals surface area (Å²) in [7, 11) is 0. The second-order valence-electron chi connectivity index (χ2n) is 4.47. The van der Waals surface area contributed by atoms with Gasteiger partial charge in [-0.1, -0.05) is 12.1 Å². The molecule has 1 aliphatic heterocycles. The first-order valence-electron chi connectivity index (χ1n) is 5.90. The summed E-state index contributed by atoms with van der Waals surface area (Å²) in [6.45, 7) is 1.49. The summed E-state index contributed by atoms with van der Waals surface area (Å²) in [5, 5.41) is 3.12. The lowest BCUT2D eigenvalue weighted by molar-refractivity contribution is -0.137. The Labute approximate surface area is 115 Å². The van der Waals surface area contributed by atoms with E-state index in [0.717, 1.165) is 25.2 Å². The second-order valence-corrected chi connectivity index (χ2v) is 4.47. The molecule has 0 aliphatic carbocycles. The third-order valence-electron chi connectivity index (χ3n) is 3.18. The number of nitrogens with one attached hydrogen (secondary N) is 1. The van der Waals surface area contributed by atoms with E-state index >= 15 is 0 Å². The van der Waals surface area contributed by atoms with Crippen molar-refractivity contribution in [2.75, 3.05) is 13.1 Å². The van der Waals surface area contributed by atoms with Gasteiger partial charge in [-0.05, 0) is 38.1 Å². The fourth-order valence-electron chi connectivity index (χ4n) is 2.17. The van der Waals surface area contributed by atoms with Gasteiger partial charge in [-0.25, -0.2) is 0 Å². The Kier molecular flexibility index (Phi) is 5.38. The molecule has 0 radical (unpaired) electrons. The van der Waals surface area contributed by atoms with Crippen LogP contribution >= 0.6 is 12.4 Å². The van der Waals surface area contributed by atoms with Crippen LogP contribution in [0.1, 0.15) is 28.8 Å². The molecule has 0 amide bonds. The highest BCUT2D eigenvalue weighted by Gasteiger charge is 2.31. The van der Waals surface area contributed by atoms with Crippen LogP contribution < -0.4 is 5.32 Å². The number of hydrogen-bond donors (Lipinski definition) is 1. The van der Waals surface area contributed by atoms with Gasteiger partial charge >= 0.3 is 6.18 Å². The number of carbonyl (C=O) groups is 1. The highest BCUT2D eigenvalue weighted by molar-refractivity contribution is 5.98. The topological polar surface area (TPSA) is 29.1 Å². The van der Waals surface area contributed by atoms with E-state index in [1.165, 1.54) is 12.1 Å². The maximum atomic E-state index is 12.6. The second kappa shape index (κ2) is 6.39. The summed E-state index contributed by atoms with van der Waals surface area (Å²) >= 11 is 0. The summed E-state index contributed by atoms with van der Waals surface area (Å²) in [5.41, 5.74) is -0.598. The first-order chi connectivity index (χ1) is 8.48. The molecule has 1 fully saturated rings. The lowest BCUT2D eigenvalue weighted by atomic mass is 9.89. The molecule has 1 aromatic carbocycles. The fourth-order valence-corrected chi connectivity index (χ4v) is 2.17. The van der Waals surface area contributed by atoms with E-state index in [-0.39, 0.29) is 29.7 Å². The highest BCUT2D eigenvalue weighted by Crippen LogP contribution is 2.30. The van der Waals surface area contributed by atoms with E-state index < -0.39 is 11.7 Å². The normalized spacial score (nSPS) is 16.8. The van der Waals surface area contributed by atoms with Gasteiger partial charge in [-0.3, -0.25) is 4.79 Å². The number of piperidine rings is 1. The molecule has 1 N–H and O–H groups in total. The molecule has 2 nitrogen and oxygen atoms in total. The third kappa shape index (κ3) is 3.94. The Morgan fingerprint density at radius 2 is 1.84 bits per heavy atom. The third-order valence-corrected chi connectivity index (χ3v) is 3.18. The molecule has 1 saturated heterocycles. The Hall–Kier alpha value is -1.07. The predicted octanol–water partition coefficient (Wildman–Crippen LogP) is 3.31. The van der Waals surface area contributed by atoms with E-state index in [9.17, 15) is 18.0 Å². The number of rotatable bonds is 2. The number of benzene rings is 1. The Morgan fingerprint density at radius 3 is 2.42 bits per heavy atom. The molecule has 19 heavy (non-hydrogen) atoms.